The van der Waals surface area contributed by atoms with E-state index in [1.807, 2.05) is 12.1 Å². The van der Waals surface area contributed by atoms with E-state index in [4.69, 9.17) is 9.47 Å². The van der Waals surface area contributed by atoms with Gasteiger partial charge in [0.15, 0.2) is 11.5 Å². The van der Waals surface area contributed by atoms with E-state index in [1.165, 1.54) is 6.07 Å². The van der Waals surface area contributed by atoms with Crippen LogP contribution >= 0.6 is 0 Å². The van der Waals surface area contributed by atoms with Gasteiger partial charge in [-0.2, -0.15) is 5.11 Å². The zero-order valence-electron chi connectivity index (χ0n) is 12.1. The van der Waals surface area contributed by atoms with E-state index in [-0.39, 0.29) is 11.5 Å². The van der Waals surface area contributed by atoms with Gasteiger partial charge in [-0.15, -0.1) is 5.11 Å². The standard InChI is InChI=1S/C14H16N4O3/c1-9-6-13(19)17-14(16-9)18-15-8-10-4-5-11(20-2)12(7-10)21-3/h4-7H,8H2,1-3H3,(H,16,17,19). The highest BCUT2D eigenvalue weighted by atomic mass is 16.5. The third-order valence-electron chi connectivity index (χ3n) is 2.72. The van der Waals surface area contributed by atoms with Crippen LogP contribution in [-0.2, 0) is 6.54 Å². The summed E-state index contributed by atoms with van der Waals surface area (Å²) in [5.74, 6) is 1.48. The number of benzene rings is 1. The first-order valence-corrected chi connectivity index (χ1v) is 6.28. The molecule has 1 heterocycles. The number of H-pyrrole nitrogens is 1. The highest BCUT2D eigenvalue weighted by Gasteiger charge is 2.04. The van der Waals surface area contributed by atoms with Crippen molar-refractivity contribution < 1.29 is 9.47 Å². The average Bonchev–Trinajstić information content (AvgIpc) is 2.46. The molecule has 2 aromatic rings. The zero-order valence-corrected chi connectivity index (χ0v) is 12.1. The lowest BCUT2D eigenvalue weighted by Crippen LogP contribution is -2.05. The maximum Gasteiger partial charge on any atom is 0.252 e. The van der Waals surface area contributed by atoms with E-state index in [9.17, 15) is 4.79 Å². The number of hydrogen-bond acceptors (Lipinski definition) is 6. The second-order valence-corrected chi connectivity index (χ2v) is 4.30. The number of aromatic amines is 1. The van der Waals surface area contributed by atoms with Crippen molar-refractivity contribution >= 4 is 5.95 Å². The van der Waals surface area contributed by atoms with Crippen LogP contribution in [0.25, 0.3) is 0 Å². The molecule has 1 aromatic carbocycles. The van der Waals surface area contributed by atoms with E-state index < -0.39 is 0 Å². The molecule has 7 heteroatoms. The van der Waals surface area contributed by atoms with Crippen LogP contribution < -0.4 is 15.0 Å². The van der Waals surface area contributed by atoms with Crippen LogP contribution in [0.4, 0.5) is 5.95 Å². The molecule has 0 bridgehead atoms. The SMILES string of the molecule is COc1ccc(CN=Nc2nc(C)cc(=O)[nH]2)cc1OC. The molecule has 0 aliphatic carbocycles. The fourth-order valence-corrected chi connectivity index (χ4v) is 1.77. The number of aromatic nitrogens is 2. The second-order valence-electron chi connectivity index (χ2n) is 4.30. The summed E-state index contributed by atoms with van der Waals surface area (Å²) in [4.78, 5) is 17.8. The van der Waals surface area contributed by atoms with Gasteiger partial charge >= 0.3 is 0 Å². The highest BCUT2D eigenvalue weighted by molar-refractivity contribution is 5.42. The van der Waals surface area contributed by atoms with Gasteiger partial charge in [0, 0.05) is 11.8 Å². The molecular weight excluding hydrogens is 272 g/mol. The minimum absolute atomic E-state index is 0.195. The van der Waals surface area contributed by atoms with Gasteiger partial charge in [-0.3, -0.25) is 9.78 Å². The number of azo groups is 1. The number of hydrogen-bond donors (Lipinski definition) is 1. The summed E-state index contributed by atoms with van der Waals surface area (Å²) in [5, 5.41) is 7.93. The minimum atomic E-state index is -0.248. The molecule has 21 heavy (non-hydrogen) atoms. The van der Waals surface area contributed by atoms with E-state index in [2.05, 4.69) is 20.2 Å². The van der Waals surface area contributed by atoms with Crippen LogP contribution in [0.5, 0.6) is 11.5 Å². The van der Waals surface area contributed by atoms with Gasteiger partial charge in [0.1, 0.15) is 0 Å². The van der Waals surface area contributed by atoms with Crippen molar-refractivity contribution in [3.05, 3.63) is 45.9 Å². The molecule has 0 radical (unpaired) electrons. The summed E-state index contributed by atoms with van der Waals surface area (Å²) >= 11 is 0. The predicted octanol–water partition coefficient (Wildman–Crippen LogP) is 2.38. The van der Waals surface area contributed by atoms with Gasteiger partial charge in [-0.1, -0.05) is 6.07 Å². The predicted molar refractivity (Wildman–Crippen MR) is 77.4 cm³/mol. The number of ether oxygens (including phenoxy) is 2. The topological polar surface area (TPSA) is 88.9 Å². The van der Waals surface area contributed by atoms with E-state index in [1.54, 1.807) is 27.2 Å². The Hall–Kier alpha value is -2.70. The lowest BCUT2D eigenvalue weighted by molar-refractivity contribution is 0.354. The Labute approximate surface area is 121 Å². The zero-order chi connectivity index (χ0) is 15.2. The molecule has 0 aliphatic heterocycles. The molecule has 2 rings (SSSR count). The number of rotatable bonds is 5. The van der Waals surface area contributed by atoms with Crippen molar-refractivity contribution in [1.29, 1.82) is 0 Å². The van der Waals surface area contributed by atoms with Gasteiger partial charge in [-0.05, 0) is 24.6 Å². The molecule has 7 nitrogen and oxygen atoms in total. The molecule has 0 fully saturated rings. The van der Waals surface area contributed by atoms with Crippen molar-refractivity contribution in [1.82, 2.24) is 9.97 Å². The van der Waals surface area contributed by atoms with Gasteiger partial charge in [0.25, 0.3) is 5.56 Å². The minimum Gasteiger partial charge on any atom is -0.493 e. The summed E-state index contributed by atoms with van der Waals surface area (Å²) < 4.78 is 10.4. The van der Waals surface area contributed by atoms with Crippen LogP contribution in [0.2, 0.25) is 0 Å². The van der Waals surface area contributed by atoms with Crippen LogP contribution in [0.3, 0.4) is 0 Å². The van der Waals surface area contributed by atoms with Crippen molar-refractivity contribution in [3.8, 4) is 11.5 Å². The lowest BCUT2D eigenvalue weighted by Gasteiger charge is -2.07. The molecular formula is C14H16N4O3. The van der Waals surface area contributed by atoms with Crippen LogP contribution in [0.1, 0.15) is 11.3 Å². The summed E-state index contributed by atoms with van der Waals surface area (Å²) in [6, 6.07) is 6.89. The normalized spacial score (nSPS) is 10.8. The maximum atomic E-state index is 11.3. The first kappa shape index (κ1) is 14.7. The number of nitrogens with one attached hydrogen (secondary N) is 1. The molecule has 0 saturated carbocycles. The third kappa shape index (κ3) is 3.88. The van der Waals surface area contributed by atoms with E-state index in [0.717, 1.165) is 5.56 Å². The Morgan fingerprint density at radius 3 is 2.62 bits per heavy atom. The number of methoxy groups -OCH3 is 2. The smallest absolute Gasteiger partial charge is 0.252 e. The lowest BCUT2D eigenvalue weighted by atomic mass is 10.2. The molecule has 1 aromatic heterocycles. The monoisotopic (exact) mass is 288 g/mol. The van der Waals surface area contributed by atoms with Crippen molar-refractivity contribution in [2.24, 2.45) is 10.2 Å². The van der Waals surface area contributed by atoms with Gasteiger partial charge in [-0.25, -0.2) is 4.98 Å². The Morgan fingerprint density at radius 1 is 1.19 bits per heavy atom. The Balaban J connectivity index is 2.12. The Bertz CT molecular complexity index is 710. The fourth-order valence-electron chi connectivity index (χ4n) is 1.77. The molecule has 0 spiro atoms. The molecule has 0 saturated heterocycles. The Kier molecular flexibility index (Phi) is 4.65. The maximum absolute atomic E-state index is 11.3. The quantitative estimate of drug-likeness (QED) is 0.855. The Morgan fingerprint density at radius 2 is 1.95 bits per heavy atom. The van der Waals surface area contributed by atoms with E-state index in [0.29, 0.717) is 23.7 Å². The van der Waals surface area contributed by atoms with Gasteiger partial charge in [0.05, 0.1) is 20.8 Å². The van der Waals surface area contributed by atoms with Crippen LogP contribution in [-0.4, -0.2) is 24.2 Å². The molecule has 1 N–H and O–H groups in total. The number of aryl methyl sites for hydroxylation is 1. The average molecular weight is 288 g/mol. The summed E-state index contributed by atoms with van der Waals surface area (Å²) in [6.07, 6.45) is 0. The third-order valence-corrected chi connectivity index (χ3v) is 2.72. The van der Waals surface area contributed by atoms with Crippen molar-refractivity contribution in [2.75, 3.05) is 14.2 Å². The van der Waals surface area contributed by atoms with Crippen LogP contribution in [0, 0.1) is 6.92 Å². The van der Waals surface area contributed by atoms with Gasteiger partial charge in [0.2, 0.25) is 5.95 Å². The highest BCUT2D eigenvalue weighted by Crippen LogP contribution is 2.27. The van der Waals surface area contributed by atoms with Gasteiger partial charge < -0.3 is 9.47 Å². The number of nitrogens with zero attached hydrogens (tertiary/aromatic N) is 3. The second kappa shape index (κ2) is 6.65. The fraction of sp³-hybridized carbons (Fsp3) is 0.286. The largest absolute Gasteiger partial charge is 0.493 e. The first-order chi connectivity index (χ1) is 10.1. The summed E-state index contributed by atoms with van der Waals surface area (Å²) in [7, 11) is 3.15. The first-order valence-electron chi connectivity index (χ1n) is 6.28. The molecule has 0 aliphatic rings. The van der Waals surface area contributed by atoms with E-state index >= 15 is 0 Å². The summed E-state index contributed by atoms with van der Waals surface area (Å²) in [5.41, 5.74) is 1.26. The summed E-state index contributed by atoms with van der Waals surface area (Å²) in [6.45, 7) is 2.07. The molecule has 0 unspecified atom stereocenters. The van der Waals surface area contributed by atoms with Crippen molar-refractivity contribution in [3.63, 3.8) is 0 Å². The van der Waals surface area contributed by atoms with Crippen LogP contribution in [0.15, 0.2) is 39.3 Å². The molecule has 0 atom stereocenters. The molecule has 110 valence electrons. The van der Waals surface area contributed by atoms with Crippen molar-refractivity contribution in [2.45, 2.75) is 13.5 Å². The molecule has 0 amide bonds.